The molecule has 0 aromatic heterocycles. The molecule has 0 heterocycles. The first-order valence-electron chi connectivity index (χ1n) is 7.57. The third-order valence-electron chi connectivity index (χ3n) is 3.66. The molecule has 2 unspecified atom stereocenters. The van der Waals surface area contributed by atoms with E-state index in [9.17, 15) is 96.6 Å². The van der Waals surface area contributed by atoms with Crippen molar-refractivity contribution in [2.24, 2.45) is 0 Å². The third kappa shape index (κ3) is 5.43. The van der Waals surface area contributed by atoms with Gasteiger partial charge in [0, 0.05) is 0 Å². The number of ether oxygens (including phenoxy) is 1. The van der Waals surface area contributed by atoms with Crippen LogP contribution in [-0.4, -0.2) is 35.5 Å². The second-order valence-electron chi connectivity index (χ2n) is 5.89. The molecular formula is C14F22O. The summed E-state index contributed by atoms with van der Waals surface area (Å²) in [6.07, 6.45) is -24.6. The van der Waals surface area contributed by atoms with E-state index >= 15 is 0 Å². The molecule has 0 amide bonds. The Morgan fingerprint density at radius 2 is 0.568 bits per heavy atom. The highest BCUT2D eigenvalue weighted by Gasteiger charge is 2.79. The normalized spacial score (nSPS) is 18.2. The summed E-state index contributed by atoms with van der Waals surface area (Å²) < 4.78 is 285. The van der Waals surface area contributed by atoms with Gasteiger partial charge in [-0.2, -0.15) is 79.0 Å². The van der Waals surface area contributed by atoms with Crippen molar-refractivity contribution in [1.82, 2.24) is 0 Å². The molecule has 0 aliphatic carbocycles. The number of alkyl halides is 12. The van der Waals surface area contributed by atoms with E-state index in [0.29, 0.717) is 0 Å². The summed E-state index contributed by atoms with van der Waals surface area (Å²) in [6, 6.07) is -9.53. The highest BCUT2D eigenvalue weighted by Crippen LogP contribution is 2.57. The van der Waals surface area contributed by atoms with Crippen molar-refractivity contribution < 1.29 is 101 Å². The monoisotopic (exact) mass is 602 g/mol. The van der Waals surface area contributed by atoms with Crippen LogP contribution in [0.4, 0.5) is 96.6 Å². The first-order valence-corrected chi connectivity index (χ1v) is 7.57. The quantitative estimate of drug-likeness (QED) is 0.199. The fourth-order valence-electron chi connectivity index (χ4n) is 1.86. The maximum Gasteiger partial charge on any atom is 0.435 e. The van der Waals surface area contributed by atoms with Crippen LogP contribution in [0.15, 0.2) is 47.5 Å². The topological polar surface area (TPSA) is 9.23 Å². The molecule has 0 radical (unpaired) electrons. The zero-order valence-corrected chi connectivity index (χ0v) is 15.7. The van der Waals surface area contributed by atoms with Crippen molar-refractivity contribution in [3.63, 3.8) is 0 Å². The average Bonchev–Trinajstić information content (AvgIpc) is 2.73. The Kier molecular flexibility index (Phi) is 9.41. The average molecular weight is 602 g/mol. The lowest BCUT2D eigenvalue weighted by Crippen LogP contribution is -2.57. The Morgan fingerprint density at radius 1 is 0.351 bits per heavy atom. The molecule has 0 fully saturated rings. The summed E-state index contributed by atoms with van der Waals surface area (Å²) >= 11 is 0. The van der Waals surface area contributed by atoms with E-state index in [1.165, 1.54) is 0 Å². The van der Waals surface area contributed by atoms with E-state index < -0.39 is 83.0 Å². The summed E-state index contributed by atoms with van der Waals surface area (Å²) in [5.74, 6) is -35.0. The standard InChI is InChI=1S/C14F22O/c15-1(5(19)20)11(27,28)9(25,13(31,32)33)3(17)7(23)37-8(24)4(18)10(26,14(34,35)36)12(29,30)2(16)6(21)22. The van der Waals surface area contributed by atoms with Gasteiger partial charge >= 0.3 is 59.7 Å². The third-order valence-corrected chi connectivity index (χ3v) is 3.66. The maximum atomic E-state index is 13.8. The van der Waals surface area contributed by atoms with Crippen LogP contribution < -0.4 is 0 Å². The Bertz CT molecular complexity index is 921. The van der Waals surface area contributed by atoms with Crippen molar-refractivity contribution in [3.05, 3.63) is 47.5 Å². The van der Waals surface area contributed by atoms with E-state index in [2.05, 4.69) is 0 Å². The summed E-state index contributed by atoms with van der Waals surface area (Å²) in [7, 11) is 0. The van der Waals surface area contributed by atoms with Gasteiger partial charge in [-0.3, -0.25) is 0 Å². The van der Waals surface area contributed by atoms with Gasteiger partial charge in [-0.15, -0.1) is 0 Å². The molecule has 0 spiro atoms. The zero-order chi connectivity index (χ0) is 30.3. The number of rotatable bonds is 8. The lowest BCUT2D eigenvalue weighted by Gasteiger charge is -2.32. The minimum Gasteiger partial charge on any atom is -0.400 e. The molecule has 0 aliphatic heterocycles. The molecule has 0 N–H and O–H groups in total. The SMILES string of the molecule is FC(F)=C(F)C(F)(F)C(F)(C(F)=C(F)OC(F)=C(F)C(F)(C(F)(F)F)C(F)(F)C(F)=C(F)F)C(F)(F)F. The molecule has 37 heavy (non-hydrogen) atoms. The Labute approximate surface area is 185 Å². The molecule has 23 heteroatoms. The van der Waals surface area contributed by atoms with Crippen molar-refractivity contribution in [1.29, 1.82) is 0 Å². The largest absolute Gasteiger partial charge is 0.435 e. The molecule has 0 bridgehead atoms. The van der Waals surface area contributed by atoms with Gasteiger partial charge in [-0.05, 0) is 0 Å². The smallest absolute Gasteiger partial charge is 0.400 e. The van der Waals surface area contributed by atoms with Crippen molar-refractivity contribution in [2.45, 2.75) is 35.5 Å². The van der Waals surface area contributed by atoms with E-state index in [-0.39, 0.29) is 0 Å². The van der Waals surface area contributed by atoms with Crippen LogP contribution in [0.2, 0.25) is 0 Å². The van der Waals surface area contributed by atoms with Crippen LogP contribution in [0.25, 0.3) is 0 Å². The van der Waals surface area contributed by atoms with Crippen LogP contribution >= 0.6 is 0 Å². The van der Waals surface area contributed by atoms with Gasteiger partial charge < -0.3 is 4.74 Å². The van der Waals surface area contributed by atoms with Crippen LogP contribution in [0, 0.1) is 0 Å². The molecule has 0 aromatic rings. The zero-order valence-electron chi connectivity index (χ0n) is 15.7. The lowest BCUT2D eigenvalue weighted by molar-refractivity contribution is -0.288. The van der Waals surface area contributed by atoms with Gasteiger partial charge in [0.05, 0.1) is 0 Å². The van der Waals surface area contributed by atoms with Gasteiger partial charge in [-0.25, -0.2) is 17.6 Å². The lowest BCUT2D eigenvalue weighted by atomic mass is 9.94. The predicted molar refractivity (Wildman–Crippen MR) is 70.0 cm³/mol. The molecule has 0 rings (SSSR count). The second kappa shape index (κ2) is 10.2. The van der Waals surface area contributed by atoms with E-state index in [1.807, 2.05) is 4.74 Å². The van der Waals surface area contributed by atoms with E-state index in [0.717, 1.165) is 0 Å². The molecule has 1 nitrogen and oxygen atoms in total. The first kappa shape index (κ1) is 34.2. The highest BCUT2D eigenvalue weighted by molar-refractivity contribution is 5.31. The molecule has 0 aliphatic rings. The summed E-state index contributed by atoms with van der Waals surface area (Å²) in [4.78, 5) is 0. The fraction of sp³-hybridized carbons (Fsp3) is 0.429. The summed E-state index contributed by atoms with van der Waals surface area (Å²) in [5, 5.41) is 0. The number of hydrogen-bond acceptors (Lipinski definition) is 1. The van der Waals surface area contributed by atoms with Crippen LogP contribution in [0.5, 0.6) is 0 Å². The van der Waals surface area contributed by atoms with Gasteiger partial charge in [0.1, 0.15) is 0 Å². The van der Waals surface area contributed by atoms with E-state index in [4.69, 9.17) is 0 Å². The maximum absolute atomic E-state index is 13.8. The molecule has 0 aromatic carbocycles. The molecule has 0 saturated heterocycles. The Balaban J connectivity index is 7.28. The van der Waals surface area contributed by atoms with Crippen molar-refractivity contribution in [3.8, 4) is 0 Å². The van der Waals surface area contributed by atoms with Gasteiger partial charge in [-0.1, -0.05) is 0 Å². The Morgan fingerprint density at radius 3 is 0.730 bits per heavy atom. The minimum atomic E-state index is -7.79. The highest BCUT2D eigenvalue weighted by atomic mass is 19.4. The molecule has 0 saturated carbocycles. The minimum absolute atomic E-state index is 2.00. The van der Waals surface area contributed by atoms with Gasteiger partial charge in [0.25, 0.3) is 0 Å². The predicted octanol–water partition coefficient (Wildman–Crippen LogP) is 9.19. The van der Waals surface area contributed by atoms with Gasteiger partial charge in [0.2, 0.25) is 23.3 Å². The van der Waals surface area contributed by atoms with Crippen LogP contribution in [-0.2, 0) is 4.74 Å². The summed E-state index contributed by atoms with van der Waals surface area (Å²) in [6.45, 7) is 0. The Hall–Kier alpha value is -2.78. The van der Waals surface area contributed by atoms with Gasteiger partial charge in [0.15, 0.2) is 0 Å². The van der Waals surface area contributed by atoms with Crippen molar-refractivity contribution >= 4 is 0 Å². The molecule has 2 atom stereocenters. The van der Waals surface area contributed by atoms with E-state index in [1.54, 1.807) is 0 Å². The molecular weight excluding hydrogens is 602 g/mol. The molecule has 216 valence electrons. The summed E-state index contributed by atoms with van der Waals surface area (Å²) in [5.41, 5.74) is -15.5. The number of halogens is 22. The number of hydrogen-bond donors (Lipinski definition) is 0. The van der Waals surface area contributed by atoms with Crippen molar-refractivity contribution in [2.75, 3.05) is 0 Å². The number of allylic oxidation sites excluding steroid dienone is 4. The van der Waals surface area contributed by atoms with Crippen LogP contribution in [0.1, 0.15) is 0 Å². The van der Waals surface area contributed by atoms with Crippen LogP contribution in [0.3, 0.4) is 0 Å². The fourth-order valence-corrected chi connectivity index (χ4v) is 1.86. The second-order valence-corrected chi connectivity index (χ2v) is 5.89. The first-order chi connectivity index (χ1) is 16.1.